The van der Waals surface area contributed by atoms with E-state index in [4.69, 9.17) is 34.7 Å². The summed E-state index contributed by atoms with van der Waals surface area (Å²) in [4.78, 5) is 48.4. The zero-order valence-electron chi connectivity index (χ0n) is 24.1. The number of phosphoric ester groups is 1. The van der Waals surface area contributed by atoms with Crippen LogP contribution in [0.25, 0.3) is 21.6 Å². The van der Waals surface area contributed by atoms with Crippen LogP contribution in [0.15, 0.2) is 17.8 Å². The lowest BCUT2D eigenvalue weighted by Crippen LogP contribution is -2.33. The van der Waals surface area contributed by atoms with E-state index in [0.29, 0.717) is 33.0 Å². The van der Waals surface area contributed by atoms with Crippen LogP contribution in [0.3, 0.4) is 0 Å². The summed E-state index contributed by atoms with van der Waals surface area (Å²) in [5.41, 5.74) is 14.4. The van der Waals surface area contributed by atoms with E-state index in [2.05, 4.69) is 34.8 Å². The van der Waals surface area contributed by atoms with Crippen LogP contribution in [-0.2, 0) is 42.1 Å². The number of imidazole rings is 1. The highest BCUT2D eigenvalue weighted by Crippen LogP contribution is 2.45. The molecule has 1 saturated heterocycles. The molecule has 0 aromatic carbocycles. The molecule has 0 radical (unpaired) electrons. The van der Waals surface area contributed by atoms with Gasteiger partial charge >= 0.3 is 13.8 Å². The molecular weight excluding hydrogens is 625 g/mol. The Balaban J connectivity index is 1.25. The zero-order valence-corrected chi connectivity index (χ0v) is 25.0. The fraction of sp³-hybridized carbons (Fsp3) is 0.696. The average molecular weight is 662 g/mol. The van der Waals surface area contributed by atoms with E-state index >= 15 is 0 Å². The second-order valence-electron chi connectivity index (χ2n) is 9.35. The summed E-state index contributed by atoms with van der Waals surface area (Å²) in [7, 11) is -4.91. The van der Waals surface area contributed by atoms with Crippen LogP contribution < -0.4 is 11.1 Å². The van der Waals surface area contributed by atoms with Crippen molar-refractivity contribution in [3.63, 3.8) is 0 Å². The Morgan fingerprint density at radius 2 is 1.80 bits per heavy atom. The van der Waals surface area contributed by atoms with Gasteiger partial charge in [0.15, 0.2) is 17.7 Å². The maximum absolute atomic E-state index is 12.3. The maximum Gasteiger partial charge on any atom is 0.529 e. The molecule has 0 spiro atoms. The number of carbonyl (C=O) groups is 2. The number of azide groups is 1. The minimum absolute atomic E-state index is 0.0373. The van der Waals surface area contributed by atoms with Crippen molar-refractivity contribution in [3.8, 4) is 0 Å². The van der Waals surface area contributed by atoms with E-state index in [0.717, 1.165) is 0 Å². The number of hydrogen-bond donors (Lipinski definition) is 5. The minimum Gasteiger partial charge on any atom is -0.387 e. The molecule has 0 bridgehead atoms. The SMILES string of the molecule is [N-]=[N+]=NCCOCCOCCOCCNC(=O)CCCC(=O)OP(=O)(O)OCC1OC(n2cnc3c(N)ncnc32)C(O)C1O. The molecular formula is C23H36N9O12P. The van der Waals surface area contributed by atoms with Crippen molar-refractivity contribution < 1.29 is 57.3 Å². The predicted molar refractivity (Wildman–Crippen MR) is 151 cm³/mol. The van der Waals surface area contributed by atoms with Gasteiger partial charge in [-0.15, -0.1) is 0 Å². The Hall–Kier alpha value is -3.49. The molecule has 22 heteroatoms. The molecule has 6 N–H and O–H groups in total. The van der Waals surface area contributed by atoms with E-state index in [9.17, 15) is 29.3 Å². The predicted octanol–water partition coefficient (Wildman–Crippen LogP) is -0.665. The molecule has 3 heterocycles. The molecule has 5 unspecified atom stereocenters. The highest BCUT2D eigenvalue weighted by Gasteiger charge is 2.45. The number of nitrogens with two attached hydrogens (primary N) is 1. The van der Waals surface area contributed by atoms with Crippen LogP contribution in [-0.4, -0.2) is 124 Å². The summed E-state index contributed by atoms with van der Waals surface area (Å²) < 4.78 is 44.3. The molecule has 2 aromatic rings. The van der Waals surface area contributed by atoms with Crippen LogP contribution in [0, 0.1) is 0 Å². The van der Waals surface area contributed by atoms with E-state index in [1.807, 2.05) is 0 Å². The third kappa shape index (κ3) is 11.7. The van der Waals surface area contributed by atoms with Gasteiger partial charge in [0.2, 0.25) is 5.91 Å². The fourth-order valence-corrected chi connectivity index (χ4v) is 4.69. The second kappa shape index (κ2) is 18.5. The summed E-state index contributed by atoms with van der Waals surface area (Å²) in [5, 5.41) is 26.8. The van der Waals surface area contributed by atoms with E-state index in [-0.39, 0.29) is 61.8 Å². The van der Waals surface area contributed by atoms with Gasteiger partial charge in [-0.3, -0.25) is 23.6 Å². The number of aromatic nitrogens is 4. The third-order valence-corrected chi connectivity index (χ3v) is 7.02. The summed E-state index contributed by atoms with van der Waals surface area (Å²) in [6, 6.07) is 0. The fourth-order valence-electron chi connectivity index (χ4n) is 3.96. The first kappa shape index (κ1) is 36.0. The molecule has 0 saturated carbocycles. The van der Waals surface area contributed by atoms with Crippen molar-refractivity contribution in [2.24, 2.45) is 5.11 Å². The van der Waals surface area contributed by atoms with Crippen LogP contribution in [0.1, 0.15) is 25.5 Å². The number of hydrogen-bond acceptors (Lipinski definition) is 16. The molecule has 3 rings (SSSR count). The van der Waals surface area contributed by atoms with Gasteiger partial charge in [-0.1, -0.05) is 5.11 Å². The quantitative estimate of drug-likeness (QED) is 0.0364. The molecule has 21 nitrogen and oxygen atoms in total. The third-order valence-electron chi connectivity index (χ3n) is 6.11. The Bertz CT molecular complexity index is 1340. The Labute approximate surface area is 256 Å². The minimum atomic E-state index is -4.91. The number of carbonyl (C=O) groups excluding carboxylic acids is 2. The molecule has 0 aliphatic carbocycles. The van der Waals surface area contributed by atoms with Crippen molar-refractivity contribution >= 4 is 36.7 Å². The van der Waals surface area contributed by atoms with E-state index in [1.165, 1.54) is 17.2 Å². The van der Waals surface area contributed by atoms with Crippen LogP contribution in [0.2, 0.25) is 0 Å². The van der Waals surface area contributed by atoms with Gasteiger partial charge in [0.05, 0.1) is 52.6 Å². The number of amides is 1. The highest BCUT2D eigenvalue weighted by atomic mass is 31.2. The second-order valence-corrected chi connectivity index (χ2v) is 10.7. The smallest absolute Gasteiger partial charge is 0.387 e. The van der Waals surface area contributed by atoms with Gasteiger partial charge in [0, 0.05) is 30.8 Å². The Morgan fingerprint density at radius 1 is 1.09 bits per heavy atom. The standard InChI is InChI=1S/C23H36N9O12P/c24-21-18-22(28-13-27-21)32(14-29-18)23-20(36)19(35)15(43-23)12-42-45(37,38)44-17(34)3-1-2-16(33)26-4-6-39-8-10-41-11-9-40-7-5-30-31-25/h13-15,19-20,23,35-36H,1-12H2,(H,26,33)(H,37,38)(H2,24,27,28). The first-order chi connectivity index (χ1) is 21.6. The van der Waals surface area contributed by atoms with Gasteiger partial charge in [-0.25, -0.2) is 19.5 Å². The molecule has 2 aromatic heterocycles. The van der Waals surface area contributed by atoms with Gasteiger partial charge in [-0.05, 0) is 12.0 Å². The summed E-state index contributed by atoms with van der Waals surface area (Å²) in [6.07, 6.45) is -3.36. The van der Waals surface area contributed by atoms with Crippen LogP contribution in [0.5, 0.6) is 0 Å². The number of nitrogens with zero attached hydrogens (tertiary/aromatic N) is 7. The molecule has 1 amide bonds. The van der Waals surface area contributed by atoms with Crippen molar-refractivity contribution in [2.45, 2.75) is 43.8 Å². The van der Waals surface area contributed by atoms with Gasteiger partial charge < -0.3 is 44.7 Å². The number of rotatable bonds is 21. The monoisotopic (exact) mass is 661 g/mol. The lowest BCUT2D eigenvalue weighted by molar-refractivity contribution is -0.136. The number of phosphoric acid groups is 1. The zero-order chi connectivity index (χ0) is 32.7. The Morgan fingerprint density at radius 3 is 2.53 bits per heavy atom. The van der Waals surface area contributed by atoms with Crippen molar-refractivity contribution in [2.75, 3.05) is 65.1 Å². The van der Waals surface area contributed by atoms with Gasteiger partial charge in [-0.2, -0.15) is 0 Å². The number of ether oxygens (including phenoxy) is 4. The van der Waals surface area contributed by atoms with Crippen molar-refractivity contribution in [1.82, 2.24) is 24.8 Å². The molecule has 1 fully saturated rings. The van der Waals surface area contributed by atoms with Crippen molar-refractivity contribution in [1.29, 1.82) is 0 Å². The van der Waals surface area contributed by atoms with Crippen LogP contribution in [0.4, 0.5) is 5.82 Å². The van der Waals surface area contributed by atoms with Gasteiger partial charge in [0.1, 0.15) is 30.2 Å². The molecule has 5 atom stereocenters. The first-order valence-corrected chi connectivity index (χ1v) is 15.3. The van der Waals surface area contributed by atoms with E-state index < -0.39 is 44.9 Å². The maximum atomic E-state index is 12.3. The topological polar surface area (TPSA) is 298 Å². The summed E-state index contributed by atoms with van der Waals surface area (Å²) >= 11 is 0. The number of aliphatic hydroxyl groups is 2. The molecule has 1 aliphatic heterocycles. The number of nitrogen functional groups attached to an aromatic ring is 1. The normalized spacial score (nSPS) is 20.9. The molecule has 250 valence electrons. The first-order valence-electron chi connectivity index (χ1n) is 13.8. The van der Waals surface area contributed by atoms with Crippen LogP contribution >= 0.6 is 7.82 Å². The number of aliphatic hydroxyl groups excluding tert-OH is 2. The van der Waals surface area contributed by atoms with Gasteiger partial charge in [0.25, 0.3) is 0 Å². The lowest BCUT2D eigenvalue weighted by atomic mass is 10.1. The lowest BCUT2D eigenvalue weighted by Gasteiger charge is -2.17. The summed E-state index contributed by atoms with van der Waals surface area (Å²) in [6.45, 7) is 1.70. The molecule has 1 aliphatic rings. The van der Waals surface area contributed by atoms with E-state index in [1.54, 1.807) is 0 Å². The average Bonchev–Trinajstić information content (AvgIpc) is 3.55. The number of fused-ring (bicyclic) bond motifs is 1. The van der Waals surface area contributed by atoms with Crippen molar-refractivity contribution in [3.05, 3.63) is 23.1 Å². The highest BCUT2D eigenvalue weighted by molar-refractivity contribution is 7.48. The number of anilines is 1. The molecule has 45 heavy (non-hydrogen) atoms. The summed E-state index contributed by atoms with van der Waals surface area (Å²) in [5.74, 6) is -1.34. The Kier molecular flexibility index (Phi) is 14.8. The number of nitrogens with one attached hydrogen (secondary N) is 1. The largest absolute Gasteiger partial charge is 0.529 e.